The van der Waals surface area contributed by atoms with Crippen LogP contribution in [0.5, 0.6) is 5.75 Å². The van der Waals surface area contributed by atoms with Crippen LogP contribution < -0.4 is 10.1 Å². The van der Waals surface area contributed by atoms with E-state index in [2.05, 4.69) is 24.1 Å². The van der Waals surface area contributed by atoms with E-state index >= 15 is 0 Å². The summed E-state index contributed by atoms with van der Waals surface area (Å²) < 4.78 is 42.7. The van der Waals surface area contributed by atoms with Crippen molar-refractivity contribution in [1.82, 2.24) is 10.2 Å². The second-order valence-corrected chi connectivity index (χ2v) is 6.21. The Morgan fingerprint density at radius 3 is 2.54 bits per heavy atom. The van der Waals surface area contributed by atoms with Crippen molar-refractivity contribution in [2.75, 3.05) is 19.7 Å². The van der Waals surface area contributed by atoms with E-state index in [0.717, 1.165) is 31.5 Å². The zero-order chi connectivity index (χ0) is 17.7. The first-order valence-corrected chi connectivity index (χ1v) is 8.66. The standard InChI is InChI=1S/C18H27F3N2O/c1-4-16-8-13-7-14(10-22-12-18(19,20)21)17(24-6-3)9-15(13)11-23(16)5-2/h7,9,16,22H,4-6,8,10-12H2,1-3H3. The van der Waals surface area contributed by atoms with Gasteiger partial charge in [0.1, 0.15) is 5.75 Å². The maximum atomic E-state index is 12.4. The van der Waals surface area contributed by atoms with Gasteiger partial charge in [-0.05, 0) is 43.5 Å². The summed E-state index contributed by atoms with van der Waals surface area (Å²) in [5, 5.41) is 2.48. The Kier molecular flexibility index (Phi) is 6.52. The highest BCUT2D eigenvalue weighted by Crippen LogP contribution is 2.31. The quantitative estimate of drug-likeness (QED) is 0.812. The lowest BCUT2D eigenvalue weighted by Crippen LogP contribution is -2.39. The van der Waals surface area contributed by atoms with Crippen LogP contribution in [0, 0.1) is 0 Å². The first-order chi connectivity index (χ1) is 11.4. The minimum Gasteiger partial charge on any atom is -0.494 e. The van der Waals surface area contributed by atoms with E-state index in [0.29, 0.717) is 18.4 Å². The molecule has 0 aliphatic carbocycles. The molecular formula is C18H27F3N2O. The fourth-order valence-electron chi connectivity index (χ4n) is 3.33. The smallest absolute Gasteiger partial charge is 0.401 e. The van der Waals surface area contributed by atoms with E-state index in [1.165, 1.54) is 11.1 Å². The second kappa shape index (κ2) is 8.21. The van der Waals surface area contributed by atoms with Crippen molar-refractivity contribution in [2.45, 2.75) is 58.9 Å². The Bertz CT molecular complexity index is 546. The maximum Gasteiger partial charge on any atom is 0.401 e. The van der Waals surface area contributed by atoms with Gasteiger partial charge in [0.2, 0.25) is 0 Å². The lowest BCUT2D eigenvalue weighted by Gasteiger charge is -2.36. The van der Waals surface area contributed by atoms with Crippen LogP contribution in [-0.2, 0) is 19.5 Å². The van der Waals surface area contributed by atoms with Gasteiger partial charge in [-0.3, -0.25) is 4.90 Å². The molecule has 0 saturated heterocycles. The first kappa shape index (κ1) is 19.1. The molecule has 1 aromatic carbocycles. The predicted molar refractivity (Wildman–Crippen MR) is 89.2 cm³/mol. The summed E-state index contributed by atoms with van der Waals surface area (Å²) in [6.07, 6.45) is -2.19. The van der Waals surface area contributed by atoms with Crippen molar-refractivity contribution in [3.63, 3.8) is 0 Å². The van der Waals surface area contributed by atoms with Crippen molar-refractivity contribution in [1.29, 1.82) is 0 Å². The molecule has 0 spiro atoms. The van der Waals surface area contributed by atoms with Gasteiger partial charge < -0.3 is 10.1 Å². The summed E-state index contributed by atoms with van der Waals surface area (Å²) in [6.45, 7) is 7.77. The number of hydrogen-bond acceptors (Lipinski definition) is 3. The molecule has 0 bridgehead atoms. The number of benzene rings is 1. The lowest BCUT2D eigenvalue weighted by atomic mass is 9.90. The number of likely N-dealkylation sites (N-methyl/N-ethyl adjacent to an activating group) is 1. The number of alkyl halides is 3. The lowest BCUT2D eigenvalue weighted by molar-refractivity contribution is -0.125. The van der Waals surface area contributed by atoms with Gasteiger partial charge in [0.25, 0.3) is 0 Å². The number of rotatable bonds is 7. The summed E-state index contributed by atoms with van der Waals surface area (Å²) in [5.74, 6) is 0.692. The van der Waals surface area contributed by atoms with Crippen LogP contribution >= 0.6 is 0 Å². The van der Waals surface area contributed by atoms with E-state index < -0.39 is 12.7 Å². The molecule has 24 heavy (non-hydrogen) atoms. The van der Waals surface area contributed by atoms with Crippen molar-refractivity contribution in [3.8, 4) is 5.75 Å². The van der Waals surface area contributed by atoms with Gasteiger partial charge in [0, 0.05) is 24.7 Å². The van der Waals surface area contributed by atoms with E-state index in [9.17, 15) is 13.2 Å². The molecule has 1 N–H and O–H groups in total. The van der Waals surface area contributed by atoms with Gasteiger partial charge in [-0.25, -0.2) is 0 Å². The average Bonchev–Trinajstić information content (AvgIpc) is 2.53. The van der Waals surface area contributed by atoms with Crippen LogP contribution in [0.4, 0.5) is 13.2 Å². The molecule has 1 aliphatic rings. The van der Waals surface area contributed by atoms with E-state index in [-0.39, 0.29) is 6.54 Å². The fraction of sp³-hybridized carbons (Fsp3) is 0.667. The number of fused-ring (bicyclic) bond motifs is 1. The zero-order valence-electron chi connectivity index (χ0n) is 14.7. The third kappa shape index (κ3) is 4.86. The van der Waals surface area contributed by atoms with Crippen LogP contribution in [0.15, 0.2) is 12.1 Å². The minimum absolute atomic E-state index is 0.163. The third-order valence-electron chi connectivity index (χ3n) is 4.55. The van der Waals surface area contributed by atoms with Crippen molar-refractivity contribution < 1.29 is 17.9 Å². The van der Waals surface area contributed by atoms with Gasteiger partial charge in [0.15, 0.2) is 0 Å². The highest BCUT2D eigenvalue weighted by Gasteiger charge is 2.27. The van der Waals surface area contributed by atoms with Crippen molar-refractivity contribution in [3.05, 3.63) is 28.8 Å². The number of nitrogens with one attached hydrogen (secondary N) is 1. The van der Waals surface area contributed by atoms with Gasteiger partial charge in [-0.15, -0.1) is 0 Å². The Balaban J connectivity index is 2.21. The second-order valence-electron chi connectivity index (χ2n) is 6.21. The third-order valence-corrected chi connectivity index (χ3v) is 4.55. The molecule has 0 aromatic heterocycles. The molecule has 2 rings (SSSR count). The summed E-state index contributed by atoms with van der Waals surface area (Å²) in [4.78, 5) is 2.44. The Hall–Kier alpha value is -1.27. The topological polar surface area (TPSA) is 24.5 Å². The normalized spacial score (nSPS) is 18.5. The molecular weight excluding hydrogens is 317 g/mol. The number of nitrogens with zero attached hydrogens (tertiary/aromatic N) is 1. The monoisotopic (exact) mass is 344 g/mol. The molecule has 136 valence electrons. The predicted octanol–water partition coefficient (Wildman–Crippen LogP) is 3.89. The number of halogens is 3. The summed E-state index contributed by atoms with van der Waals surface area (Å²) in [5.41, 5.74) is 3.27. The van der Waals surface area contributed by atoms with E-state index in [4.69, 9.17) is 4.74 Å². The molecule has 1 atom stereocenters. The van der Waals surface area contributed by atoms with Gasteiger partial charge >= 0.3 is 6.18 Å². The van der Waals surface area contributed by atoms with E-state index in [1.807, 2.05) is 19.1 Å². The Morgan fingerprint density at radius 1 is 1.21 bits per heavy atom. The highest BCUT2D eigenvalue weighted by molar-refractivity contribution is 5.44. The summed E-state index contributed by atoms with van der Waals surface area (Å²) in [7, 11) is 0. The molecule has 1 heterocycles. The highest BCUT2D eigenvalue weighted by atomic mass is 19.4. The average molecular weight is 344 g/mol. The molecule has 0 fully saturated rings. The zero-order valence-corrected chi connectivity index (χ0v) is 14.7. The molecule has 0 saturated carbocycles. The van der Waals surface area contributed by atoms with E-state index in [1.54, 1.807) is 0 Å². The molecule has 0 radical (unpaired) electrons. The minimum atomic E-state index is -4.20. The number of ether oxygens (including phenoxy) is 1. The Morgan fingerprint density at radius 2 is 1.96 bits per heavy atom. The van der Waals surface area contributed by atoms with Crippen LogP contribution in [0.1, 0.15) is 43.9 Å². The fourth-order valence-corrected chi connectivity index (χ4v) is 3.33. The molecule has 1 aromatic rings. The van der Waals surface area contributed by atoms with Crippen LogP contribution in [0.3, 0.4) is 0 Å². The molecule has 1 unspecified atom stereocenters. The van der Waals surface area contributed by atoms with Crippen molar-refractivity contribution in [2.24, 2.45) is 0 Å². The summed E-state index contributed by atoms with van der Waals surface area (Å²) in [6, 6.07) is 4.54. The molecule has 6 heteroatoms. The molecule has 1 aliphatic heterocycles. The maximum absolute atomic E-state index is 12.4. The van der Waals surface area contributed by atoms with Gasteiger partial charge in [-0.1, -0.05) is 19.9 Å². The Labute approximate surface area is 142 Å². The summed E-state index contributed by atoms with van der Waals surface area (Å²) >= 11 is 0. The van der Waals surface area contributed by atoms with Crippen LogP contribution in [-0.4, -0.2) is 36.8 Å². The van der Waals surface area contributed by atoms with Crippen LogP contribution in [0.25, 0.3) is 0 Å². The van der Waals surface area contributed by atoms with Crippen molar-refractivity contribution >= 4 is 0 Å². The first-order valence-electron chi connectivity index (χ1n) is 8.66. The molecule has 0 amide bonds. The SMILES string of the molecule is CCOc1cc2c(cc1CNCC(F)(F)F)CC(CC)N(CC)C2. The van der Waals surface area contributed by atoms with Gasteiger partial charge in [-0.2, -0.15) is 13.2 Å². The molecule has 3 nitrogen and oxygen atoms in total. The van der Waals surface area contributed by atoms with Gasteiger partial charge in [0.05, 0.1) is 13.2 Å². The largest absolute Gasteiger partial charge is 0.494 e. The number of hydrogen-bond donors (Lipinski definition) is 1. The van der Waals surface area contributed by atoms with Crippen LogP contribution in [0.2, 0.25) is 0 Å².